The summed E-state index contributed by atoms with van der Waals surface area (Å²) in [4.78, 5) is 63.3. The Kier molecular flexibility index (Phi) is 9.76. The number of aliphatic hydroxyl groups excluding tert-OH is 1. The van der Waals surface area contributed by atoms with Crippen molar-refractivity contribution in [2.75, 3.05) is 13.1 Å². The van der Waals surface area contributed by atoms with Gasteiger partial charge in [0.05, 0.1) is 12.6 Å². The standard InChI is InChI=1S/C26H36N4O7/c1-16(31)22-25(37)27-14-19(32)13-18(12-17-6-3-2-4-7-17)23(35)29-20(8-9-21(33)34)24(36)28-15-26(30-22)10-5-11-26/h2-4,6-7,16,18,20,22,30-31H,5,8-15H2,1H3,(H,27,37)(H,28,36)(H,29,35)(H,33,34)/t16-,18-,20+,22+/m1/s1. The lowest BCUT2D eigenvalue weighted by Crippen LogP contribution is -2.66. The third-order valence-electron chi connectivity index (χ3n) is 7.05. The van der Waals surface area contributed by atoms with E-state index < -0.39 is 53.3 Å². The number of benzene rings is 1. The van der Waals surface area contributed by atoms with Crippen molar-refractivity contribution >= 4 is 29.5 Å². The molecule has 0 radical (unpaired) electrons. The highest BCUT2D eigenvalue weighted by Crippen LogP contribution is 2.32. The van der Waals surface area contributed by atoms with Crippen LogP contribution in [0.2, 0.25) is 0 Å². The molecule has 1 aromatic carbocycles. The molecule has 2 aliphatic rings. The van der Waals surface area contributed by atoms with Gasteiger partial charge in [-0.1, -0.05) is 30.3 Å². The molecule has 1 aliphatic heterocycles. The third-order valence-corrected chi connectivity index (χ3v) is 7.05. The summed E-state index contributed by atoms with van der Waals surface area (Å²) in [5.41, 5.74) is 0.171. The number of hydrogen-bond acceptors (Lipinski definition) is 7. The van der Waals surface area contributed by atoms with E-state index in [1.54, 1.807) is 0 Å². The average Bonchev–Trinajstić information content (AvgIpc) is 2.83. The molecule has 0 bridgehead atoms. The predicted molar refractivity (Wildman–Crippen MR) is 133 cm³/mol. The molecule has 1 aromatic rings. The second kappa shape index (κ2) is 12.8. The number of carbonyl (C=O) groups is 5. The molecule has 4 atom stereocenters. The zero-order valence-electron chi connectivity index (χ0n) is 21.0. The Labute approximate surface area is 215 Å². The SMILES string of the molecule is C[C@@H](O)[C@@H]1NC2(CCC2)CNC(=O)[C@H](CCC(=O)O)NC(=O)[C@H](Cc2ccccc2)CC(=O)CNC1=O. The highest BCUT2D eigenvalue weighted by molar-refractivity contribution is 5.93. The van der Waals surface area contributed by atoms with Gasteiger partial charge in [-0.2, -0.15) is 0 Å². The molecule has 1 saturated carbocycles. The number of rotatable bonds is 6. The lowest BCUT2D eigenvalue weighted by atomic mass is 9.75. The van der Waals surface area contributed by atoms with Crippen LogP contribution in [0.3, 0.4) is 0 Å². The van der Waals surface area contributed by atoms with Crippen molar-refractivity contribution in [1.29, 1.82) is 0 Å². The quantitative estimate of drug-likeness (QED) is 0.298. The Morgan fingerprint density at radius 3 is 2.35 bits per heavy atom. The first-order chi connectivity index (χ1) is 17.6. The van der Waals surface area contributed by atoms with Crippen molar-refractivity contribution in [2.24, 2.45) is 5.92 Å². The van der Waals surface area contributed by atoms with Crippen LogP contribution in [0.25, 0.3) is 0 Å². The van der Waals surface area contributed by atoms with Crippen molar-refractivity contribution in [1.82, 2.24) is 21.3 Å². The Hall–Kier alpha value is -3.31. The monoisotopic (exact) mass is 516 g/mol. The molecule has 6 N–H and O–H groups in total. The molecule has 1 saturated heterocycles. The zero-order chi connectivity index (χ0) is 27.0. The van der Waals surface area contributed by atoms with Gasteiger partial charge in [0.25, 0.3) is 0 Å². The molecule has 1 aliphatic carbocycles. The first-order valence-corrected chi connectivity index (χ1v) is 12.7. The molecule has 0 unspecified atom stereocenters. The van der Waals surface area contributed by atoms with Crippen molar-refractivity contribution in [2.45, 2.75) is 75.6 Å². The largest absolute Gasteiger partial charge is 0.481 e. The van der Waals surface area contributed by atoms with Crippen molar-refractivity contribution in [3.63, 3.8) is 0 Å². The first kappa shape index (κ1) is 28.3. The fourth-order valence-corrected chi connectivity index (χ4v) is 4.72. The minimum absolute atomic E-state index is 0.115. The van der Waals surface area contributed by atoms with Crippen LogP contribution in [0.1, 0.15) is 51.0 Å². The molecule has 1 spiro atoms. The van der Waals surface area contributed by atoms with Gasteiger partial charge in [0.15, 0.2) is 5.78 Å². The number of ketones is 1. The van der Waals surface area contributed by atoms with Crippen molar-refractivity contribution < 1.29 is 34.2 Å². The molecular formula is C26H36N4O7. The van der Waals surface area contributed by atoms with Crippen LogP contribution in [-0.4, -0.2) is 76.5 Å². The van der Waals surface area contributed by atoms with E-state index in [9.17, 15) is 29.1 Å². The van der Waals surface area contributed by atoms with Crippen LogP contribution in [0.15, 0.2) is 30.3 Å². The van der Waals surface area contributed by atoms with E-state index in [2.05, 4.69) is 21.3 Å². The summed E-state index contributed by atoms with van der Waals surface area (Å²) in [6, 6.07) is 6.98. The minimum Gasteiger partial charge on any atom is -0.481 e. The molecule has 3 amide bonds. The molecule has 37 heavy (non-hydrogen) atoms. The molecule has 0 aromatic heterocycles. The van der Waals surface area contributed by atoms with Crippen LogP contribution in [0.4, 0.5) is 0 Å². The maximum absolute atomic E-state index is 13.3. The van der Waals surface area contributed by atoms with Crippen molar-refractivity contribution in [3.8, 4) is 0 Å². The summed E-state index contributed by atoms with van der Waals surface area (Å²) in [5, 5.41) is 30.6. The number of aliphatic hydroxyl groups is 1. The lowest BCUT2D eigenvalue weighted by Gasteiger charge is -2.45. The topological polar surface area (TPSA) is 174 Å². The van der Waals surface area contributed by atoms with E-state index in [4.69, 9.17) is 5.11 Å². The van der Waals surface area contributed by atoms with Crippen molar-refractivity contribution in [3.05, 3.63) is 35.9 Å². The normalized spacial score (nSPS) is 26.1. The number of carboxylic acid groups (broad SMARTS) is 1. The summed E-state index contributed by atoms with van der Waals surface area (Å²) >= 11 is 0. The van der Waals surface area contributed by atoms with Gasteiger partial charge in [0.1, 0.15) is 12.1 Å². The number of carboxylic acids is 1. The maximum Gasteiger partial charge on any atom is 0.303 e. The molecule has 202 valence electrons. The average molecular weight is 517 g/mol. The number of amides is 3. The Morgan fingerprint density at radius 2 is 1.76 bits per heavy atom. The number of Topliss-reactive ketones (excluding diaryl/α,β-unsaturated/α-hetero) is 1. The second-order valence-electron chi connectivity index (χ2n) is 10.1. The van der Waals surface area contributed by atoms with Gasteiger partial charge in [0.2, 0.25) is 17.7 Å². The summed E-state index contributed by atoms with van der Waals surface area (Å²) in [7, 11) is 0. The smallest absolute Gasteiger partial charge is 0.303 e. The summed E-state index contributed by atoms with van der Waals surface area (Å²) in [5.74, 6) is -3.94. The Balaban J connectivity index is 1.88. The molecular weight excluding hydrogens is 480 g/mol. The lowest BCUT2D eigenvalue weighted by molar-refractivity contribution is -0.138. The zero-order valence-corrected chi connectivity index (χ0v) is 21.0. The Bertz CT molecular complexity index is 994. The number of carbonyl (C=O) groups excluding carboxylic acids is 4. The van der Waals surface area contributed by atoms with E-state index in [1.165, 1.54) is 6.92 Å². The fourth-order valence-electron chi connectivity index (χ4n) is 4.72. The van der Waals surface area contributed by atoms with Gasteiger partial charge in [-0.3, -0.25) is 29.3 Å². The summed E-state index contributed by atoms with van der Waals surface area (Å²) < 4.78 is 0. The molecule has 3 rings (SSSR count). The van der Waals surface area contributed by atoms with Gasteiger partial charge in [-0.05, 0) is 44.6 Å². The maximum atomic E-state index is 13.3. The van der Waals surface area contributed by atoms with Gasteiger partial charge in [-0.15, -0.1) is 0 Å². The highest BCUT2D eigenvalue weighted by atomic mass is 16.4. The van der Waals surface area contributed by atoms with E-state index in [-0.39, 0.29) is 44.6 Å². The molecule has 1 heterocycles. The van der Waals surface area contributed by atoms with E-state index in [0.717, 1.165) is 12.0 Å². The predicted octanol–water partition coefficient (Wildman–Crippen LogP) is -0.338. The number of aliphatic carboxylic acids is 1. The molecule has 11 nitrogen and oxygen atoms in total. The van der Waals surface area contributed by atoms with E-state index >= 15 is 0 Å². The molecule has 11 heteroatoms. The highest BCUT2D eigenvalue weighted by Gasteiger charge is 2.42. The first-order valence-electron chi connectivity index (χ1n) is 12.7. The van der Waals surface area contributed by atoms with Crippen LogP contribution >= 0.6 is 0 Å². The van der Waals surface area contributed by atoms with Gasteiger partial charge in [-0.25, -0.2) is 0 Å². The number of nitrogens with one attached hydrogen (secondary N) is 4. The Morgan fingerprint density at radius 1 is 1.05 bits per heavy atom. The van der Waals surface area contributed by atoms with Gasteiger partial charge >= 0.3 is 5.97 Å². The van der Waals surface area contributed by atoms with Crippen LogP contribution < -0.4 is 21.3 Å². The number of hydrogen-bond donors (Lipinski definition) is 6. The van der Waals surface area contributed by atoms with Gasteiger partial charge < -0.3 is 26.2 Å². The fraction of sp³-hybridized carbons (Fsp3) is 0.577. The summed E-state index contributed by atoms with van der Waals surface area (Å²) in [6.45, 7) is 1.29. The second-order valence-corrected chi connectivity index (χ2v) is 10.1. The minimum atomic E-state index is -1.11. The van der Waals surface area contributed by atoms with Gasteiger partial charge in [0, 0.05) is 30.8 Å². The van der Waals surface area contributed by atoms with E-state index in [1.807, 2.05) is 30.3 Å². The van der Waals surface area contributed by atoms with Crippen LogP contribution in [0, 0.1) is 5.92 Å². The van der Waals surface area contributed by atoms with E-state index in [0.29, 0.717) is 12.8 Å². The summed E-state index contributed by atoms with van der Waals surface area (Å²) in [6.07, 6.45) is 0.683. The van der Waals surface area contributed by atoms with Crippen LogP contribution in [0.5, 0.6) is 0 Å². The third kappa shape index (κ3) is 8.09. The molecule has 2 fully saturated rings. The van der Waals surface area contributed by atoms with Crippen LogP contribution in [-0.2, 0) is 30.4 Å².